The van der Waals surface area contributed by atoms with Crippen molar-refractivity contribution in [1.82, 2.24) is 9.88 Å². The number of carbonyl (C=O) groups excluding carboxylic acids is 1. The molecule has 22 heavy (non-hydrogen) atoms. The van der Waals surface area contributed by atoms with Gasteiger partial charge in [-0.2, -0.15) is 0 Å². The molecule has 0 aliphatic carbocycles. The standard InChI is InChI=1S/C17H22N2O3/c1-11(2)19(9-8-17(21)22)16(20)10-14-12(3)18-15-7-5-4-6-13(14)15/h4-7,11,18H,8-10H2,1-3H3,(H,21,22). The lowest BCUT2D eigenvalue weighted by Crippen LogP contribution is -2.39. The highest BCUT2D eigenvalue weighted by Gasteiger charge is 2.20. The molecule has 5 heteroatoms. The van der Waals surface area contributed by atoms with Gasteiger partial charge < -0.3 is 15.0 Å². The van der Waals surface area contributed by atoms with Gasteiger partial charge >= 0.3 is 5.97 Å². The molecule has 0 saturated carbocycles. The minimum atomic E-state index is -0.887. The number of H-pyrrole nitrogens is 1. The highest BCUT2D eigenvalue weighted by atomic mass is 16.4. The first-order chi connectivity index (χ1) is 10.4. The number of hydrogen-bond donors (Lipinski definition) is 2. The molecule has 0 spiro atoms. The van der Waals surface area contributed by atoms with Crippen molar-refractivity contribution in [2.75, 3.05) is 6.54 Å². The summed E-state index contributed by atoms with van der Waals surface area (Å²) in [5.41, 5.74) is 2.99. The van der Waals surface area contributed by atoms with E-state index in [1.807, 2.05) is 45.0 Å². The molecule has 2 rings (SSSR count). The molecule has 1 aromatic heterocycles. The molecule has 1 amide bonds. The average Bonchev–Trinajstić information content (AvgIpc) is 2.75. The summed E-state index contributed by atoms with van der Waals surface area (Å²) in [6.07, 6.45) is 0.254. The fourth-order valence-electron chi connectivity index (χ4n) is 2.70. The highest BCUT2D eigenvalue weighted by Crippen LogP contribution is 2.23. The second-order valence-electron chi connectivity index (χ2n) is 5.78. The predicted octanol–water partition coefficient (Wildman–Crippen LogP) is 2.73. The summed E-state index contributed by atoms with van der Waals surface area (Å²) >= 11 is 0. The number of fused-ring (bicyclic) bond motifs is 1. The quantitative estimate of drug-likeness (QED) is 0.861. The number of para-hydroxylation sites is 1. The molecular weight excluding hydrogens is 280 g/mol. The van der Waals surface area contributed by atoms with E-state index in [1.54, 1.807) is 4.90 Å². The molecule has 0 fully saturated rings. The van der Waals surface area contributed by atoms with Crippen LogP contribution in [-0.4, -0.2) is 39.5 Å². The molecule has 1 aromatic carbocycles. The number of benzene rings is 1. The third-order valence-electron chi connectivity index (χ3n) is 3.87. The van der Waals surface area contributed by atoms with Crippen LogP contribution in [0.25, 0.3) is 10.9 Å². The smallest absolute Gasteiger partial charge is 0.305 e. The Morgan fingerprint density at radius 2 is 1.95 bits per heavy atom. The zero-order valence-electron chi connectivity index (χ0n) is 13.2. The lowest BCUT2D eigenvalue weighted by molar-refractivity contribution is -0.139. The maximum absolute atomic E-state index is 12.6. The molecule has 0 atom stereocenters. The summed E-state index contributed by atoms with van der Waals surface area (Å²) in [6.45, 7) is 6.01. The zero-order valence-corrected chi connectivity index (χ0v) is 13.2. The number of carboxylic acids is 1. The molecule has 5 nitrogen and oxygen atoms in total. The predicted molar refractivity (Wildman–Crippen MR) is 85.8 cm³/mol. The summed E-state index contributed by atoms with van der Waals surface area (Å²) in [7, 11) is 0. The van der Waals surface area contributed by atoms with Crippen LogP contribution in [0.3, 0.4) is 0 Å². The molecule has 2 aromatic rings. The van der Waals surface area contributed by atoms with Crippen molar-refractivity contribution < 1.29 is 14.7 Å². The number of carboxylic acid groups (broad SMARTS) is 1. The number of aromatic nitrogens is 1. The van der Waals surface area contributed by atoms with Crippen LogP contribution in [0.2, 0.25) is 0 Å². The molecule has 2 N–H and O–H groups in total. The minimum Gasteiger partial charge on any atom is -0.481 e. The number of hydrogen-bond acceptors (Lipinski definition) is 2. The van der Waals surface area contributed by atoms with E-state index in [2.05, 4.69) is 4.98 Å². The first-order valence-electron chi connectivity index (χ1n) is 7.47. The van der Waals surface area contributed by atoms with E-state index in [-0.39, 0.29) is 31.3 Å². The van der Waals surface area contributed by atoms with E-state index in [0.717, 1.165) is 22.2 Å². The van der Waals surface area contributed by atoms with Crippen LogP contribution in [0.5, 0.6) is 0 Å². The molecule has 0 saturated heterocycles. The van der Waals surface area contributed by atoms with Gasteiger partial charge in [0.25, 0.3) is 0 Å². The van der Waals surface area contributed by atoms with Gasteiger partial charge in [0.1, 0.15) is 0 Å². The van der Waals surface area contributed by atoms with Gasteiger partial charge in [0, 0.05) is 29.2 Å². The van der Waals surface area contributed by atoms with E-state index < -0.39 is 5.97 Å². The van der Waals surface area contributed by atoms with Crippen LogP contribution in [-0.2, 0) is 16.0 Å². The molecule has 118 valence electrons. The maximum Gasteiger partial charge on any atom is 0.305 e. The molecule has 0 radical (unpaired) electrons. The number of nitrogens with zero attached hydrogens (tertiary/aromatic N) is 1. The highest BCUT2D eigenvalue weighted by molar-refractivity contribution is 5.90. The Morgan fingerprint density at radius 3 is 2.59 bits per heavy atom. The molecular formula is C17H22N2O3. The SMILES string of the molecule is Cc1[nH]c2ccccc2c1CC(=O)N(CCC(=O)O)C(C)C. The largest absolute Gasteiger partial charge is 0.481 e. The monoisotopic (exact) mass is 302 g/mol. The Hall–Kier alpha value is -2.30. The second-order valence-corrected chi connectivity index (χ2v) is 5.78. The Morgan fingerprint density at radius 1 is 1.27 bits per heavy atom. The molecule has 0 bridgehead atoms. The first-order valence-corrected chi connectivity index (χ1v) is 7.47. The van der Waals surface area contributed by atoms with Crippen molar-refractivity contribution in [3.63, 3.8) is 0 Å². The van der Waals surface area contributed by atoms with Gasteiger partial charge in [0.2, 0.25) is 5.91 Å². The van der Waals surface area contributed by atoms with Crippen LogP contribution < -0.4 is 0 Å². The van der Waals surface area contributed by atoms with Crippen LogP contribution in [0.15, 0.2) is 24.3 Å². The number of amides is 1. The summed E-state index contributed by atoms with van der Waals surface area (Å²) in [6, 6.07) is 7.88. The Balaban J connectivity index is 2.21. The van der Waals surface area contributed by atoms with Gasteiger partial charge in [0.05, 0.1) is 12.8 Å². The second kappa shape index (κ2) is 6.64. The van der Waals surface area contributed by atoms with E-state index in [4.69, 9.17) is 5.11 Å². The van der Waals surface area contributed by atoms with Crippen molar-refractivity contribution in [3.05, 3.63) is 35.5 Å². The Labute approximate surface area is 129 Å². The fourth-order valence-corrected chi connectivity index (χ4v) is 2.70. The third kappa shape index (κ3) is 3.47. The summed E-state index contributed by atoms with van der Waals surface area (Å²) < 4.78 is 0. The number of aryl methyl sites for hydroxylation is 1. The van der Waals surface area contributed by atoms with Crippen LogP contribution in [0.1, 0.15) is 31.5 Å². The minimum absolute atomic E-state index is 0.0163. The topological polar surface area (TPSA) is 73.4 Å². The van der Waals surface area contributed by atoms with E-state index in [9.17, 15) is 9.59 Å². The van der Waals surface area contributed by atoms with Crippen molar-refractivity contribution in [3.8, 4) is 0 Å². The number of aromatic amines is 1. The van der Waals surface area contributed by atoms with Crippen molar-refractivity contribution in [2.24, 2.45) is 0 Å². The van der Waals surface area contributed by atoms with Crippen molar-refractivity contribution in [2.45, 2.75) is 39.7 Å². The third-order valence-corrected chi connectivity index (χ3v) is 3.87. The van der Waals surface area contributed by atoms with Crippen LogP contribution >= 0.6 is 0 Å². The van der Waals surface area contributed by atoms with Crippen molar-refractivity contribution >= 4 is 22.8 Å². The fraction of sp³-hybridized carbons (Fsp3) is 0.412. The lowest BCUT2D eigenvalue weighted by atomic mass is 10.1. The summed E-state index contributed by atoms with van der Waals surface area (Å²) in [5.74, 6) is -0.925. The maximum atomic E-state index is 12.6. The van der Waals surface area contributed by atoms with Gasteiger partial charge in [-0.1, -0.05) is 18.2 Å². The molecule has 1 heterocycles. The van der Waals surface area contributed by atoms with Gasteiger partial charge in [0.15, 0.2) is 0 Å². The van der Waals surface area contributed by atoms with Crippen molar-refractivity contribution in [1.29, 1.82) is 0 Å². The lowest BCUT2D eigenvalue weighted by Gasteiger charge is -2.26. The number of aliphatic carboxylic acids is 1. The number of nitrogens with one attached hydrogen (secondary N) is 1. The van der Waals surface area contributed by atoms with Crippen LogP contribution in [0, 0.1) is 6.92 Å². The van der Waals surface area contributed by atoms with Gasteiger partial charge in [-0.15, -0.1) is 0 Å². The normalized spacial score (nSPS) is 11.1. The number of rotatable bonds is 6. The first kappa shape index (κ1) is 16.1. The zero-order chi connectivity index (χ0) is 16.3. The Kier molecular flexibility index (Phi) is 4.85. The van der Waals surface area contributed by atoms with Gasteiger partial charge in [-0.05, 0) is 32.4 Å². The Bertz CT molecular complexity index is 688. The number of carbonyl (C=O) groups is 2. The summed E-state index contributed by atoms with van der Waals surface area (Å²) in [4.78, 5) is 28.3. The van der Waals surface area contributed by atoms with Gasteiger partial charge in [-0.3, -0.25) is 9.59 Å². The molecule has 0 aliphatic heterocycles. The molecule has 0 unspecified atom stereocenters. The van der Waals surface area contributed by atoms with E-state index in [1.165, 1.54) is 0 Å². The van der Waals surface area contributed by atoms with E-state index >= 15 is 0 Å². The van der Waals surface area contributed by atoms with Crippen LogP contribution in [0.4, 0.5) is 0 Å². The van der Waals surface area contributed by atoms with E-state index in [0.29, 0.717) is 0 Å². The molecule has 0 aliphatic rings. The summed E-state index contributed by atoms with van der Waals surface area (Å²) in [5, 5.41) is 9.88. The van der Waals surface area contributed by atoms with Gasteiger partial charge in [-0.25, -0.2) is 0 Å². The average molecular weight is 302 g/mol.